The molecule has 2 heterocycles. The molecule has 28 heavy (non-hydrogen) atoms. The number of hydrogen-bond donors (Lipinski definition) is 1. The van der Waals surface area contributed by atoms with Crippen molar-refractivity contribution in [2.75, 3.05) is 7.11 Å². The van der Waals surface area contributed by atoms with Gasteiger partial charge in [-0.25, -0.2) is 4.39 Å². The van der Waals surface area contributed by atoms with E-state index in [0.717, 1.165) is 17.2 Å². The highest BCUT2D eigenvalue weighted by molar-refractivity contribution is 5.82. The highest BCUT2D eigenvalue weighted by Crippen LogP contribution is 2.25. The molecule has 2 aromatic carbocycles. The first kappa shape index (κ1) is 17.7. The first-order valence-corrected chi connectivity index (χ1v) is 8.67. The third kappa shape index (κ3) is 3.32. The number of aromatic nitrogens is 2. The standard InChI is InChI=1S/C22H17FN2O3/c1-28-18-8-6-17(7-9-18)25-19-11-15(10-14-2-4-16(23)5-3-14)13-24-22(19)20(26)12-21(25)27/h2-9,11-13,26H,10H2,1H3. The molecule has 0 fully saturated rings. The molecule has 0 saturated carbocycles. The monoisotopic (exact) mass is 376 g/mol. The van der Waals surface area contributed by atoms with Crippen molar-refractivity contribution in [1.29, 1.82) is 0 Å². The Morgan fingerprint density at radius 3 is 2.43 bits per heavy atom. The summed E-state index contributed by atoms with van der Waals surface area (Å²) in [5.74, 6) is 0.215. The molecule has 4 aromatic rings. The number of ether oxygens (including phenoxy) is 1. The number of aromatic hydroxyl groups is 1. The number of methoxy groups -OCH3 is 1. The van der Waals surface area contributed by atoms with Crippen molar-refractivity contribution in [2.45, 2.75) is 6.42 Å². The van der Waals surface area contributed by atoms with E-state index in [4.69, 9.17) is 4.74 Å². The third-order valence-electron chi connectivity index (χ3n) is 4.54. The first-order valence-electron chi connectivity index (χ1n) is 8.67. The van der Waals surface area contributed by atoms with Gasteiger partial charge in [0.2, 0.25) is 0 Å². The molecule has 2 aromatic heterocycles. The topological polar surface area (TPSA) is 64.3 Å². The number of halogens is 1. The number of nitrogens with zero attached hydrogens (tertiary/aromatic N) is 2. The van der Waals surface area contributed by atoms with Crippen molar-refractivity contribution in [2.24, 2.45) is 0 Å². The van der Waals surface area contributed by atoms with E-state index in [1.54, 1.807) is 49.7 Å². The molecular weight excluding hydrogens is 359 g/mol. The molecule has 5 nitrogen and oxygen atoms in total. The van der Waals surface area contributed by atoms with Crippen molar-refractivity contribution in [3.63, 3.8) is 0 Å². The lowest BCUT2D eigenvalue weighted by Gasteiger charge is -2.13. The summed E-state index contributed by atoms with van der Waals surface area (Å²) in [6.07, 6.45) is 2.17. The minimum Gasteiger partial charge on any atom is -0.505 e. The normalized spacial score (nSPS) is 10.9. The molecule has 140 valence electrons. The van der Waals surface area contributed by atoms with Gasteiger partial charge in [0.15, 0.2) is 0 Å². The van der Waals surface area contributed by atoms with Crippen molar-refractivity contribution in [3.8, 4) is 17.2 Å². The molecule has 1 N–H and O–H groups in total. The van der Waals surface area contributed by atoms with Crippen LogP contribution < -0.4 is 10.3 Å². The van der Waals surface area contributed by atoms with Gasteiger partial charge >= 0.3 is 0 Å². The molecule has 0 aliphatic heterocycles. The summed E-state index contributed by atoms with van der Waals surface area (Å²) >= 11 is 0. The Morgan fingerprint density at radius 1 is 1.04 bits per heavy atom. The maximum atomic E-state index is 13.1. The van der Waals surface area contributed by atoms with Crippen molar-refractivity contribution in [1.82, 2.24) is 9.55 Å². The van der Waals surface area contributed by atoms with E-state index in [1.165, 1.54) is 16.7 Å². The molecule has 0 amide bonds. The Bertz CT molecular complexity index is 1200. The fraction of sp³-hybridized carbons (Fsp3) is 0.0909. The van der Waals surface area contributed by atoms with Crippen molar-refractivity contribution >= 4 is 11.0 Å². The van der Waals surface area contributed by atoms with Crippen LogP contribution in [0, 0.1) is 5.82 Å². The lowest BCUT2D eigenvalue weighted by atomic mass is 10.1. The zero-order chi connectivity index (χ0) is 19.7. The van der Waals surface area contributed by atoms with Crippen LogP contribution in [0.5, 0.6) is 11.5 Å². The van der Waals surface area contributed by atoms with Gasteiger partial charge < -0.3 is 9.84 Å². The van der Waals surface area contributed by atoms with Crippen LogP contribution in [0.15, 0.2) is 71.7 Å². The molecule has 0 aliphatic rings. The van der Waals surface area contributed by atoms with Crippen LogP contribution >= 0.6 is 0 Å². The zero-order valence-electron chi connectivity index (χ0n) is 15.1. The maximum absolute atomic E-state index is 13.1. The molecule has 0 saturated heterocycles. The largest absolute Gasteiger partial charge is 0.505 e. The van der Waals surface area contributed by atoms with Crippen LogP contribution in [0.4, 0.5) is 4.39 Å². The van der Waals surface area contributed by atoms with Gasteiger partial charge in [0.25, 0.3) is 5.56 Å². The van der Waals surface area contributed by atoms with Gasteiger partial charge in [-0.1, -0.05) is 12.1 Å². The van der Waals surface area contributed by atoms with Gasteiger partial charge in [-0.05, 0) is 60.0 Å². The maximum Gasteiger partial charge on any atom is 0.259 e. The Labute approximate surface area is 160 Å². The van der Waals surface area contributed by atoms with E-state index in [0.29, 0.717) is 28.9 Å². The summed E-state index contributed by atoms with van der Waals surface area (Å²) in [4.78, 5) is 17.0. The average molecular weight is 376 g/mol. The minimum atomic E-state index is -0.365. The Kier molecular flexibility index (Phi) is 4.53. The van der Waals surface area contributed by atoms with E-state index >= 15 is 0 Å². The Hall–Kier alpha value is -3.67. The van der Waals surface area contributed by atoms with Crippen LogP contribution in [0.1, 0.15) is 11.1 Å². The lowest BCUT2D eigenvalue weighted by molar-refractivity contribution is 0.414. The van der Waals surface area contributed by atoms with Gasteiger partial charge in [0, 0.05) is 18.0 Å². The number of fused-ring (bicyclic) bond motifs is 1. The third-order valence-corrected chi connectivity index (χ3v) is 4.54. The fourth-order valence-electron chi connectivity index (χ4n) is 3.16. The average Bonchev–Trinajstić information content (AvgIpc) is 2.70. The second kappa shape index (κ2) is 7.15. The number of pyridine rings is 2. The summed E-state index contributed by atoms with van der Waals surface area (Å²) in [6.45, 7) is 0. The summed E-state index contributed by atoms with van der Waals surface area (Å²) in [6, 6.07) is 16.2. The van der Waals surface area contributed by atoms with E-state index in [1.807, 2.05) is 6.07 Å². The molecule has 4 rings (SSSR count). The van der Waals surface area contributed by atoms with Gasteiger partial charge in [-0.3, -0.25) is 14.3 Å². The molecule has 0 radical (unpaired) electrons. The van der Waals surface area contributed by atoms with E-state index in [-0.39, 0.29) is 17.1 Å². The predicted octanol–water partition coefficient (Wildman–Crippen LogP) is 3.83. The van der Waals surface area contributed by atoms with Gasteiger partial charge in [0.1, 0.15) is 22.8 Å². The molecule has 0 atom stereocenters. The summed E-state index contributed by atoms with van der Waals surface area (Å²) in [5, 5.41) is 10.2. The number of benzene rings is 2. The van der Waals surface area contributed by atoms with Crippen LogP contribution in [0.2, 0.25) is 0 Å². The molecule has 0 aliphatic carbocycles. The van der Waals surface area contributed by atoms with Crippen LogP contribution in [0.3, 0.4) is 0 Å². The lowest BCUT2D eigenvalue weighted by Crippen LogP contribution is -2.18. The van der Waals surface area contributed by atoms with Crippen molar-refractivity contribution in [3.05, 3.63) is 94.2 Å². The fourth-order valence-corrected chi connectivity index (χ4v) is 3.16. The summed E-state index contributed by atoms with van der Waals surface area (Å²) < 4.78 is 19.8. The zero-order valence-corrected chi connectivity index (χ0v) is 15.1. The highest BCUT2D eigenvalue weighted by atomic mass is 19.1. The Morgan fingerprint density at radius 2 is 1.75 bits per heavy atom. The minimum absolute atomic E-state index is 0.168. The first-order chi connectivity index (χ1) is 13.5. The number of hydrogen-bond acceptors (Lipinski definition) is 4. The SMILES string of the molecule is COc1ccc(-n2c(=O)cc(O)c3ncc(Cc4ccc(F)cc4)cc32)cc1. The molecule has 0 unspecified atom stereocenters. The predicted molar refractivity (Wildman–Crippen MR) is 105 cm³/mol. The van der Waals surface area contributed by atoms with Crippen LogP contribution in [-0.2, 0) is 6.42 Å². The van der Waals surface area contributed by atoms with Gasteiger partial charge in [-0.2, -0.15) is 0 Å². The smallest absolute Gasteiger partial charge is 0.259 e. The molecule has 6 heteroatoms. The summed E-state index contributed by atoms with van der Waals surface area (Å²) in [5.41, 5.74) is 2.85. The highest BCUT2D eigenvalue weighted by Gasteiger charge is 2.12. The van der Waals surface area contributed by atoms with Crippen LogP contribution in [-0.4, -0.2) is 21.8 Å². The molecule has 0 bridgehead atoms. The van der Waals surface area contributed by atoms with Gasteiger partial charge in [-0.15, -0.1) is 0 Å². The molecular formula is C22H17FN2O3. The van der Waals surface area contributed by atoms with Gasteiger partial charge in [0.05, 0.1) is 12.6 Å². The Balaban J connectivity index is 1.85. The van der Waals surface area contributed by atoms with E-state index in [2.05, 4.69) is 4.98 Å². The molecule has 0 spiro atoms. The second-order valence-electron chi connectivity index (χ2n) is 6.42. The van der Waals surface area contributed by atoms with E-state index in [9.17, 15) is 14.3 Å². The van der Waals surface area contributed by atoms with Crippen LogP contribution in [0.25, 0.3) is 16.7 Å². The van der Waals surface area contributed by atoms with E-state index < -0.39 is 0 Å². The van der Waals surface area contributed by atoms with Crippen molar-refractivity contribution < 1.29 is 14.2 Å². The summed E-state index contributed by atoms with van der Waals surface area (Å²) in [7, 11) is 1.57. The number of rotatable bonds is 4. The quantitative estimate of drug-likeness (QED) is 0.588. The second-order valence-corrected chi connectivity index (χ2v) is 6.42.